The van der Waals surface area contributed by atoms with Gasteiger partial charge in [0.1, 0.15) is 0 Å². The molecule has 0 saturated heterocycles. The lowest BCUT2D eigenvalue weighted by Crippen LogP contribution is -2.43. The van der Waals surface area contributed by atoms with Crippen LogP contribution in [-0.2, 0) is 9.59 Å². The van der Waals surface area contributed by atoms with Crippen LogP contribution in [0.15, 0.2) is 0 Å². The Kier molecular flexibility index (Phi) is 4.93. The SMILES string of the molecule is CCN(CC1CC1)C(=O)NC(=O)CCC(=O)O. The largest absolute Gasteiger partial charge is 0.481 e. The van der Waals surface area contributed by atoms with Gasteiger partial charge in [0.25, 0.3) is 0 Å². The maximum Gasteiger partial charge on any atom is 0.324 e. The first-order valence-corrected chi connectivity index (χ1v) is 5.83. The van der Waals surface area contributed by atoms with Crippen LogP contribution in [0.5, 0.6) is 0 Å². The van der Waals surface area contributed by atoms with Gasteiger partial charge in [0, 0.05) is 19.5 Å². The van der Waals surface area contributed by atoms with Crippen LogP contribution >= 0.6 is 0 Å². The van der Waals surface area contributed by atoms with Crippen LogP contribution in [0.3, 0.4) is 0 Å². The van der Waals surface area contributed by atoms with E-state index in [1.807, 2.05) is 6.92 Å². The molecule has 0 bridgehead atoms. The molecule has 0 unspecified atom stereocenters. The third-order valence-corrected chi connectivity index (χ3v) is 2.66. The quantitative estimate of drug-likeness (QED) is 0.722. The molecular weight excluding hydrogens is 224 g/mol. The highest BCUT2D eigenvalue weighted by molar-refractivity contribution is 5.95. The van der Waals surface area contributed by atoms with Crippen molar-refractivity contribution in [2.75, 3.05) is 13.1 Å². The number of hydrogen-bond donors (Lipinski definition) is 2. The van der Waals surface area contributed by atoms with Crippen LogP contribution in [0.4, 0.5) is 4.79 Å². The summed E-state index contributed by atoms with van der Waals surface area (Å²) in [6, 6.07) is -0.421. The molecule has 0 heterocycles. The Labute approximate surface area is 100.0 Å². The number of rotatable bonds is 6. The fourth-order valence-electron chi connectivity index (χ4n) is 1.45. The Hall–Kier alpha value is -1.59. The number of carbonyl (C=O) groups excluding carboxylic acids is 2. The predicted molar refractivity (Wildman–Crippen MR) is 60.4 cm³/mol. The lowest BCUT2D eigenvalue weighted by molar-refractivity contribution is -0.138. The van der Waals surface area contributed by atoms with E-state index in [0.29, 0.717) is 19.0 Å². The molecule has 1 aliphatic carbocycles. The van der Waals surface area contributed by atoms with Gasteiger partial charge in [-0.1, -0.05) is 0 Å². The summed E-state index contributed by atoms with van der Waals surface area (Å²) in [7, 11) is 0. The van der Waals surface area contributed by atoms with E-state index in [2.05, 4.69) is 5.32 Å². The van der Waals surface area contributed by atoms with Crippen LogP contribution < -0.4 is 5.32 Å². The summed E-state index contributed by atoms with van der Waals surface area (Å²) in [6.45, 7) is 3.08. The van der Waals surface area contributed by atoms with Gasteiger partial charge in [-0.05, 0) is 25.7 Å². The van der Waals surface area contributed by atoms with Crippen LogP contribution in [0.2, 0.25) is 0 Å². The maximum atomic E-state index is 11.6. The van der Waals surface area contributed by atoms with Crippen LogP contribution in [-0.4, -0.2) is 41.0 Å². The topological polar surface area (TPSA) is 86.7 Å². The smallest absolute Gasteiger partial charge is 0.324 e. The Bertz CT molecular complexity index is 313. The van der Waals surface area contributed by atoms with Crippen molar-refractivity contribution in [2.45, 2.75) is 32.6 Å². The number of nitrogens with zero attached hydrogens (tertiary/aromatic N) is 1. The van der Waals surface area contributed by atoms with Crippen LogP contribution in [0.25, 0.3) is 0 Å². The third-order valence-electron chi connectivity index (χ3n) is 2.66. The highest BCUT2D eigenvalue weighted by Gasteiger charge is 2.26. The summed E-state index contributed by atoms with van der Waals surface area (Å²) in [6.07, 6.45) is 1.85. The van der Waals surface area contributed by atoms with E-state index < -0.39 is 17.9 Å². The van der Waals surface area contributed by atoms with Crippen molar-refractivity contribution in [3.63, 3.8) is 0 Å². The van der Waals surface area contributed by atoms with E-state index in [1.54, 1.807) is 4.90 Å². The molecule has 1 rings (SSSR count). The highest BCUT2D eigenvalue weighted by atomic mass is 16.4. The number of carboxylic acids is 1. The average Bonchev–Trinajstić information content (AvgIpc) is 3.06. The van der Waals surface area contributed by atoms with E-state index in [1.165, 1.54) is 0 Å². The Morgan fingerprint density at radius 2 is 1.94 bits per heavy atom. The van der Waals surface area contributed by atoms with Gasteiger partial charge in [-0.15, -0.1) is 0 Å². The van der Waals surface area contributed by atoms with Crippen LogP contribution in [0, 0.1) is 5.92 Å². The Morgan fingerprint density at radius 1 is 1.29 bits per heavy atom. The molecule has 0 atom stereocenters. The second-order valence-electron chi connectivity index (χ2n) is 4.23. The van der Waals surface area contributed by atoms with E-state index in [-0.39, 0.29) is 12.8 Å². The number of carbonyl (C=O) groups is 3. The minimum Gasteiger partial charge on any atom is -0.481 e. The Balaban J connectivity index is 2.29. The molecule has 0 aromatic heterocycles. The predicted octanol–water partition coefficient (Wildman–Crippen LogP) is 0.819. The minimum atomic E-state index is -1.04. The second-order valence-corrected chi connectivity index (χ2v) is 4.23. The summed E-state index contributed by atoms with van der Waals surface area (Å²) < 4.78 is 0. The zero-order chi connectivity index (χ0) is 12.8. The third kappa shape index (κ3) is 5.33. The molecule has 0 spiro atoms. The van der Waals surface area contributed by atoms with Gasteiger partial charge in [-0.3, -0.25) is 14.9 Å². The zero-order valence-electron chi connectivity index (χ0n) is 9.94. The van der Waals surface area contributed by atoms with Gasteiger partial charge in [-0.25, -0.2) is 4.79 Å². The molecule has 0 aromatic rings. The van der Waals surface area contributed by atoms with Gasteiger partial charge in [-0.2, -0.15) is 0 Å². The molecule has 1 fully saturated rings. The molecule has 6 heteroatoms. The van der Waals surface area contributed by atoms with Crippen molar-refractivity contribution < 1.29 is 19.5 Å². The van der Waals surface area contributed by atoms with E-state index in [0.717, 1.165) is 12.8 Å². The van der Waals surface area contributed by atoms with Gasteiger partial charge in [0.05, 0.1) is 6.42 Å². The normalized spacial score (nSPS) is 14.2. The molecule has 0 aliphatic heterocycles. The zero-order valence-corrected chi connectivity index (χ0v) is 9.94. The lowest BCUT2D eigenvalue weighted by atomic mass is 10.3. The summed E-state index contributed by atoms with van der Waals surface area (Å²) in [5.74, 6) is -1.01. The number of imide groups is 1. The highest BCUT2D eigenvalue weighted by Crippen LogP contribution is 2.29. The standard InChI is InChI=1S/C11H18N2O4/c1-2-13(7-8-3-4-8)11(17)12-9(14)5-6-10(15)16/h8H,2-7H2,1H3,(H,15,16)(H,12,14,17). The lowest BCUT2D eigenvalue weighted by Gasteiger charge is -2.20. The fraction of sp³-hybridized carbons (Fsp3) is 0.727. The number of carboxylic acid groups (broad SMARTS) is 1. The molecule has 2 N–H and O–H groups in total. The molecule has 17 heavy (non-hydrogen) atoms. The first-order chi connectivity index (χ1) is 8.02. The summed E-state index contributed by atoms with van der Waals surface area (Å²) in [5, 5.41) is 10.6. The summed E-state index contributed by atoms with van der Waals surface area (Å²) in [4.78, 5) is 34.7. The fourth-order valence-corrected chi connectivity index (χ4v) is 1.45. The number of aliphatic carboxylic acids is 1. The number of urea groups is 1. The first-order valence-electron chi connectivity index (χ1n) is 5.83. The molecule has 1 saturated carbocycles. The molecule has 1 aliphatic rings. The average molecular weight is 242 g/mol. The molecule has 96 valence electrons. The summed E-state index contributed by atoms with van der Waals surface area (Å²) >= 11 is 0. The number of hydrogen-bond acceptors (Lipinski definition) is 3. The second kappa shape index (κ2) is 6.22. The van der Waals surface area contributed by atoms with E-state index in [9.17, 15) is 14.4 Å². The van der Waals surface area contributed by atoms with Gasteiger partial charge < -0.3 is 10.0 Å². The molecule has 0 radical (unpaired) electrons. The maximum absolute atomic E-state index is 11.6. The minimum absolute atomic E-state index is 0.165. The number of amides is 3. The molecule has 3 amide bonds. The monoisotopic (exact) mass is 242 g/mol. The van der Waals surface area contributed by atoms with Crippen LogP contribution in [0.1, 0.15) is 32.6 Å². The van der Waals surface area contributed by atoms with Crippen molar-refractivity contribution in [2.24, 2.45) is 5.92 Å². The van der Waals surface area contributed by atoms with E-state index in [4.69, 9.17) is 5.11 Å². The van der Waals surface area contributed by atoms with E-state index >= 15 is 0 Å². The van der Waals surface area contributed by atoms with Crippen molar-refractivity contribution in [1.29, 1.82) is 0 Å². The first kappa shape index (κ1) is 13.5. The van der Waals surface area contributed by atoms with Crippen molar-refractivity contribution in [3.05, 3.63) is 0 Å². The van der Waals surface area contributed by atoms with Gasteiger partial charge in [0.15, 0.2) is 0 Å². The van der Waals surface area contributed by atoms with Crippen molar-refractivity contribution in [3.8, 4) is 0 Å². The van der Waals surface area contributed by atoms with Gasteiger partial charge in [0.2, 0.25) is 5.91 Å². The summed E-state index contributed by atoms with van der Waals surface area (Å²) in [5.41, 5.74) is 0. The molecular formula is C11H18N2O4. The van der Waals surface area contributed by atoms with Crippen molar-refractivity contribution in [1.82, 2.24) is 10.2 Å². The van der Waals surface area contributed by atoms with Crippen molar-refractivity contribution >= 4 is 17.9 Å². The number of nitrogens with one attached hydrogen (secondary N) is 1. The Morgan fingerprint density at radius 3 is 2.41 bits per heavy atom. The van der Waals surface area contributed by atoms with Gasteiger partial charge >= 0.3 is 12.0 Å². The molecule has 6 nitrogen and oxygen atoms in total. The molecule has 0 aromatic carbocycles.